The first kappa shape index (κ1) is 16.1. The van der Waals surface area contributed by atoms with Crippen molar-refractivity contribution in [1.29, 1.82) is 0 Å². The fourth-order valence-corrected chi connectivity index (χ4v) is 3.35. The van der Waals surface area contributed by atoms with Crippen LogP contribution in [-0.4, -0.2) is 33.5 Å². The second-order valence-corrected chi connectivity index (χ2v) is 5.99. The molecule has 2 heterocycles. The molecule has 1 aliphatic heterocycles. The van der Waals surface area contributed by atoms with E-state index in [0.29, 0.717) is 6.54 Å². The van der Waals surface area contributed by atoms with Gasteiger partial charge in [0.15, 0.2) is 5.69 Å². The van der Waals surface area contributed by atoms with Crippen LogP contribution in [0.4, 0.5) is 5.69 Å². The molecule has 0 radical (unpaired) electrons. The summed E-state index contributed by atoms with van der Waals surface area (Å²) in [5.74, 6) is -1.42. The predicted octanol–water partition coefficient (Wildman–Crippen LogP) is 2.89. The van der Waals surface area contributed by atoms with E-state index in [0.717, 1.165) is 24.7 Å². The van der Waals surface area contributed by atoms with Crippen LogP contribution in [0.15, 0.2) is 36.7 Å². The quantitative estimate of drug-likeness (QED) is 0.934. The van der Waals surface area contributed by atoms with E-state index in [1.165, 1.54) is 11.8 Å². The van der Waals surface area contributed by atoms with E-state index < -0.39 is 5.97 Å². The van der Waals surface area contributed by atoms with Crippen molar-refractivity contribution in [2.75, 3.05) is 11.4 Å². The van der Waals surface area contributed by atoms with Gasteiger partial charge in [0, 0.05) is 17.6 Å². The Hall–Kier alpha value is -2.76. The standard InChI is InChI=1S/C18H19N3O3/c1-3-18(4-2)11-21(15-8-6-5-7-12(15)18)16(22)13-9-20-14(10-19-13)17(23)24/h5-10H,3-4,11H2,1-2H3,(H,23,24). The largest absolute Gasteiger partial charge is 0.476 e. The van der Waals surface area contributed by atoms with Crippen molar-refractivity contribution in [3.8, 4) is 0 Å². The van der Waals surface area contributed by atoms with Gasteiger partial charge in [-0.05, 0) is 24.5 Å². The summed E-state index contributed by atoms with van der Waals surface area (Å²) in [4.78, 5) is 33.3. The van der Waals surface area contributed by atoms with E-state index in [9.17, 15) is 9.59 Å². The van der Waals surface area contributed by atoms with Gasteiger partial charge in [0.25, 0.3) is 5.91 Å². The molecule has 0 bridgehead atoms. The highest BCUT2D eigenvalue weighted by molar-refractivity contribution is 6.06. The lowest BCUT2D eigenvalue weighted by Crippen LogP contribution is -2.36. The number of carboxylic acids is 1. The third kappa shape index (κ3) is 2.44. The Balaban J connectivity index is 1.98. The van der Waals surface area contributed by atoms with Crippen molar-refractivity contribution < 1.29 is 14.7 Å². The minimum Gasteiger partial charge on any atom is -0.476 e. The maximum atomic E-state index is 12.9. The number of amides is 1. The lowest BCUT2D eigenvalue weighted by Gasteiger charge is -2.27. The third-order valence-corrected chi connectivity index (χ3v) is 4.92. The summed E-state index contributed by atoms with van der Waals surface area (Å²) in [6.07, 6.45) is 4.22. The summed E-state index contributed by atoms with van der Waals surface area (Å²) in [6.45, 7) is 4.87. The van der Waals surface area contributed by atoms with Gasteiger partial charge in [-0.25, -0.2) is 14.8 Å². The van der Waals surface area contributed by atoms with Gasteiger partial charge in [-0.1, -0.05) is 32.0 Å². The van der Waals surface area contributed by atoms with Crippen molar-refractivity contribution in [1.82, 2.24) is 9.97 Å². The molecule has 0 aliphatic carbocycles. The Morgan fingerprint density at radius 1 is 1.12 bits per heavy atom. The van der Waals surface area contributed by atoms with Crippen molar-refractivity contribution in [3.05, 3.63) is 53.6 Å². The first-order valence-electron chi connectivity index (χ1n) is 7.99. The first-order chi connectivity index (χ1) is 11.5. The zero-order valence-electron chi connectivity index (χ0n) is 13.7. The van der Waals surface area contributed by atoms with Crippen LogP contribution in [0.5, 0.6) is 0 Å². The maximum Gasteiger partial charge on any atom is 0.356 e. The highest BCUT2D eigenvalue weighted by atomic mass is 16.4. The lowest BCUT2D eigenvalue weighted by atomic mass is 9.78. The zero-order valence-corrected chi connectivity index (χ0v) is 13.7. The summed E-state index contributed by atoms with van der Waals surface area (Å²) in [5.41, 5.74) is 2.00. The van der Waals surface area contributed by atoms with Crippen LogP contribution in [0.3, 0.4) is 0 Å². The molecule has 1 aliphatic rings. The van der Waals surface area contributed by atoms with Crippen LogP contribution in [0.1, 0.15) is 53.2 Å². The predicted molar refractivity (Wildman–Crippen MR) is 89.4 cm³/mol. The van der Waals surface area contributed by atoms with E-state index in [1.807, 2.05) is 18.2 Å². The topological polar surface area (TPSA) is 83.4 Å². The Kier molecular flexibility index (Phi) is 4.05. The fraction of sp³-hybridized carbons (Fsp3) is 0.333. The van der Waals surface area contributed by atoms with Crippen LogP contribution in [-0.2, 0) is 5.41 Å². The van der Waals surface area contributed by atoms with E-state index in [4.69, 9.17) is 5.11 Å². The van der Waals surface area contributed by atoms with Gasteiger partial charge in [0.05, 0.1) is 12.4 Å². The number of carbonyl (C=O) groups excluding carboxylic acids is 1. The second kappa shape index (κ2) is 6.03. The molecule has 124 valence electrons. The Morgan fingerprint density at radius 3 is 2.33 bits per heavy atom. The number of hydrogen-bond acceptors (Lipinski definition) is 4. The number of rotatable bonds is 4. The van der Waals surface area contributed by atoms with Crippen LogP contribution >= 0.6 is 0 Å². The molecule has 0 unspecified atom stereocenters. The zero-order chi connectivity index (χ0) is 17.3. The number of carboxylic acid groups (broad SMARTS) is 1. The number of fused-ring (bicyclic) bond motifs is 1. The molecule has 3 rings (SSSR count). The summed E-state index contributed by atoms with van der Waals surface area (Å²) in [5, 5.41) is 8.89. The minimum atomic E-state index is -1.16. The number of nitrogens with zero attached hydrogens (tertiary/aromatic N) is 3. The Bertz CT molecular complexity index is 782. The second-order valence-electron chi connectivity index (χ2n) is 5.99. The molecule has 0 saturated heterocycles. The van der Waals surface area contributed by atoms with Gasteiger partial charge in [0.2, 0.25) is 0 Å². The first-order valence-corrected chi connectivity index (χ1v) is 7.99. The third-order valence-electron chi connectivity index (χ3n) is 4.92. The van der Waals surface area contributed by atoms with Crippen LogP contribution < -0.4 is 4.90 Å². The van der Waals surface area contributed by atoms with Gasteiger partial charge >= 0.3 is 5.97 Å². The molecule has 0 fully saturated rings. The van der Waals surface area contributed by atoms with E-state index in [1.54, 1.807) is 4.90 Å². The molecule has 0 atom stereocenters. The molecule has 6 heteroatoms. The molecule has 24 heavy (non-hydrogen) atoms. The van der Waals surface area contributed by atoms with Crippen LogP contribution in [0, 0.1) is 0 Å². The lowest BCUT2D eigenvalue weighted by molar-refractivity contribution is 0.0689. The molecule has 0 saturated carbocycles. The number of benzene rings is 1. The van der Waals surface area contributed by atoms with Crippen LogP contribution in [0.25, 0.3) is 0 Å². The molecule has 6 nitrogen and oxygen atoms in total. The van der Waals surface area contributed by atoms with Gasteiger partial charge in [-0.2, -0.15) is 0 Å². The monoisotopic (exact) mass is 325 g/mol. The molecular weight excluding hydrogens is 306 g/mol. The minimum absolute atomic E-state index is 0.0549. The smallest absolute Gasteiger partial charge is 0.356 e. The van der Waals surface area contributed by atoms with Crippen molar-refractivity contribution in [3.63, 3.8) is 0 Å². The number of aromatic carboxylic acids is 1. The van der Waals surface area contributed by atoms with Gasteiger partial charge in [-0.15, -0.1) is 0 Å². The van der Waals surface area contributed by atoms with Gasteiger partial charge in [-0.3, -0.25) is 4.79 Å². The number of hydrogen-bond donors (Lipinski definition) is 1. The maximum absolute atomic E-state index is 12.9. The average molecular weight is 325 g/mol. The Morgan fingerprint density at radius 2 is 1.75 bits per heavy atom. The molecular formula is C18H19N3O3. The molecule has 0 spiro atoms. The summed E-state index contributed by atoms with van der Waals surface area (Å²) < 4.78 is 0. The summed E-state index contributed by atoms with van der Waals surface area (Å²) >= 11 is 0. The number of anilines is 1. The van der Waals surface area contributed by atoms with Crippen molar-refractivity contribution >= 4 is 17.6 Å². The molecule has 1 amide bonds. The fourth-order valence-electron chi connectivity index (χ4n) is 3.35. The summed E-state index contributed by atoms with van der Waals surface area (Å²) in [7, 11) is 0. The molecule has 2 aromatic rings. The van der Waals surface area contributed by atoms with E-state index >= 15 is 0 Å². The van der Waals surface area contributed by atoms with Gasteiger partial charge < -0.3 is 10.0 Å². The number of carbonyl (C=O) groups is 2. The van der Waals surface area contributed by atoms with Gasteiger partial charge in [0.1, 0.15) is 5.69 Å². The van der Waals surface area contributed by atoms with Crippen molar-refractivity contribution in [2.45, 2.75) is 32.1 Å². The normalized spacial score (nSPS) is 15.2. The molecule has 1 N–H and O–H groups in total. The summed E-state index contributed by atoms with van der Waals surface area (Å²) in [6, 6.07) is 7.93. The van der Waals surface area contributed by atoms with E-state index in [2.05, 4.69) is 29.9 Å². The average Bonchev–Trinajstić information content (AvgIpc) is 2.96. The Labute approximate surface area is 140 Å². The highest BCUT2D eigenvalue weighted by Gasteiger charge is 2.42. The van der Waals surface area contributed by atoms with Crippen LogP contribution in [0.2, 0.25) is 0 Å². The SMILES string of the molecule is CCC1(CC)CN(C(=O)c2cnc(C(=O)O)cn2)c2ccccc21. The van der Waals surface area contributed by atoms with Crippen molar-refractivity contribution in [2.24, 2.45) is 0 Å². The highest BCUT2D eigenvalue weighted by Crippen LogP contribution is 2.45. The molecule has 1 aromatic carbocycles. The molecule has 1 aromatic heterocycles. The number of aromatic nitrogens is 2. The van der Waals surface area contributed by atoms with E-state index in [-0.39, 0.29) is 22.7 Å². The number of para-hydroxylation sites is 1.